The lowest BCUT2D eigenvalue weighted by Crippen LogP contribution is -2.16. The van der Waals surface area contributed by atoms with Crippen molar-refractivity contribution in [1.29, 1.82) is 0 Å². The van der Waals surface area contributed by atoms with Crippen LogP contribution in [-0.4, -0.2) is 32.6 Å². The molecule has 0 saturated heterocycles. The number of aromatic carboxylic acids is 1. The highest BCUT2D eigenvalue weighted by atomic mass is 32.1. The Kier molecular flexibility index (Phi) is 4.64. The fourth-order valence-corrected chi connectivity index (χ4v) is 2.62. The van der Waals surface area contributed by atoms with Gasteiger partial charge in [-0.25, -0.2) is 4.79 Å². The monoisotopic (exact) mass is 280 g/mol. The Hall–Kier alpha value is -1.73. The van der Waals surface area contributed by atoms with Crippen molar-refractivity contribution in [2.75, 3.05) is 6.54 Å². The van der Waals surface area contributed by atoms with Gasteiger partial charge in [-0.3, -0.25) is 4.68 Å². The molecule has 0 aromatic carbocycles. The summed E-state index contributed by atoms with van der Waals surface area (Å²) in [6, 6.07) is 1.74. The van der Waals surface area contributed by atoms with Gasteiger partial charge in [-0.15, -0.1) is 16.4 Å². The van der Waals surface area contributed by atoms with E-state index in [4.69, 9.17) is 5.11 Å². The molecule has 0 unspecified atom stereocenters. The lowest BCUT2D eigenvalue weighted by Gasteiger charge is -2.04. The third-order valence-electron chi connectivity index (χ3n) is 2.76. The summed E-state index contributed by atoms with van der Waals surface area (Å²) >= 11 is 1.32. The zero-order valence-corrected chi connectivity index (χ0v) is 11.5. The van der Waals surface area contributed by atoms with Crippen molar-refractivity contribution in [1.82, 2.24) is 20.3 Å². The second-order valence-electron chi connectivity index (χ2n) is 4.19. The second-order valence-corrected chi connectivity index (χ2v) is 5.45. The molecule has 0 spiro atoms. The third-order valence-corrected chi connectivity index (χ3v) is 3.84. The number of nitrogens with zero attached hydrogens (tertiary/aromatic N) is 3. The number of hydrogen-bond donors (Lipinski definition) is 2. The molecule has 6 nitrogen and oxygen atoms in total. The van der Waals surface area contributed by atoms with Crippen LogP contribution in [0.3, 0.4) is 0 Å². The van der Waals surface area contributed by atoms with E-state index in [0.29, 0.717) is 11.4 Å². The molecule has 0 aliphatic rings. The zero-order chi connectivity index (χ0) is 13.7. The molecule has 0 atom stereocenters. The molecular weight excluding hydrogens is 264 g/mol. The molecule has 102 valence electrons. The van der Waals surface area contributed by atoms with Crippen molar-refractivity contribution < 1.29 is 9.90 Å². The van der Waals surface area contributed by atoms with Gasteiger partial charge in [0.2, 0.25) is 0 Å². The fourth-order valence-electron chi connectivity index (χ4n) is 1.74. The maximum absolute atomic E-state index is 10.8. The van der Waals surface area contributed by atoms with Crippen LogP contribution in [0.5, 0.6) is 0 Å². The average Bonchev–Trinajstić information content (AvgIpc) is 2.99. The minimum atomic E-state index is -0.856. The van der Waals surface area contributed by atoms with E-state index in [9.17, 15) is 4.79 Å². The Morgan fingerprint density at radius 1 is 1.58 bits per heavy atom. The van der Waals surface area contributed by atoms with Gasteiger partial charge < -0.3 is 10.4 Å². The lowest BCUT2D eigenvalue weighted by atomic mass is 10.2. The van der Waals surface area contributed by atoms with Gasteiger partial charge in [0.1, 0.15) is 4.88 Å². The first-order chi connectivity index (χ1) is 9.16. The van der Waals surface area contributed by atoms with Crippen molar-refractivity contribution in [2.24, 2.45) is 0 Å². The number of thiophene rings is 1. The van der Waals surface area contributed by atoms with Gasteiger partial charge in [0.25, 0.3) is 0 Å². The number of aromatic nitrogens is 3. The molecule has 0 bridgehead atoms. The first-order valence-corrected chi connectivity index (χ1v) is 6.86. The van der Waals surface area contributed by atoms with Gasteiger partial charge in [-0.05, 0) is 31.5 Å². The Morgan fingerprint density at radius 3 is 3.05 bits per heavy atom. The highest BCUT2D eigenvalue weighted by Gasteiger charge is 2.10. The zero-order valence-electron chi connectivity index (χ0n) is 10.7. The number of hydrogen-bond acceptors (Lipinski definition) is 5. The molecular formula is C12H16N4O2S. The van der Waals surface area contributed by atoms with Gasteiger partial charge in [0, 0.05) is 24.2 Å². The molecule has 2 rings (SSSR count). The number of rotatable bonds is 7. The van der Waals surface area contributed by atoms with E-state index in [-0.39, 0.29) is 0 Å². The molecule has 0 fully saturated rings. The summed E-state index contributed by atoms with van der Waals surface area (Å²) in [5.74, 6) is -0.856. The van der Waals surface area contributed by atoms with Crippen LogP contribution >= 0.6 is 11.3 Å². The minimum Gasteiger partial charge on any atom is -0.477 e. The topological polar surface area (TPSA) is 80.0 Å². The van der Waals surface area contributed by atoms with E-state index in [1.54, 1.807) is 16.9 Å². The SMILES string of the molecule is Cc1sc(C(=O)O)cc1CNCCCn1ccnn1. The minimum absolute atomic E-state index is 0.400. The molecule has 0 amide bonds. The first kappa shape index (κ1) is 13.7. The molecule has 2 aromatic rings. The largest absolute Gasteiger partial charge is 0.477 e. The van der Waals surface area contributed by atoms with Crippen LogP contribution in [0.25, 0.3) is 0 Å². The van der Waals surface area contributed by atoms with Crippen molar-refractivity contribution in [2.45, 2.75) is 26.4 Å². The maximum Gasteiger partial charge on any atom is 0.345 e. The molecule has 0 saturated carbocycles. The average molecular weight is 280 g/mol. The number of carboxylic acid groups (broad SMARTS) is 1. The first-order valence-electron chi connectivity index (χ1n) is 6.04. The van der Waals surface area contributed by atoms with Gasteiger partial charge in [-0.1, -0.05) is 5.21 Å². The number of carbonyl (C=O) groups is 1. The Labute approximate surface area is 115 Å². The van der Waals surface area contributed by atoms with E-state index in [0.717, 1.165) is 30.0 Å². The fraction of sp³-hybridized carbons (Fsp3) is 0.417. The summed E-state index contributed by atoms with van der Waals surface area (Å²) in [4.78, 5) is 12.3. The van der Waals surface area contributed by atoms with Crippen LogP contribution in [0.1, 0.15) is 26.5 Å². The number of carboxylic acids is 1. The van der Waals surface area contributed by atoms with Gasteiger partial charge in [0.05, 0.1) is 6.20 Å². The predicted molar refractivity (Wildman–Crippen MR) is 72.4 cm³/mol. The van der Waals surface area contributed by atoms with Crippen LogP contribution in [0.2, 0.25) is 0 Å². The normalized spacial score (nSPS) is 10.8. The number of aryl methyl sites for hydroxylation is 2. The van der Waals surface area contributed by atoms with Crippen LogP contribution in [0, 0.1) is 6.92 Å². The van der Waals surface area contributed by atoms with E-state index < -0.39 is 5.97 Å². The van der Waals surface area contributed by atoms with Crippen molar-refractivity contribution >= 4 is 17.3 Å². The quantitative estimate of drug-likeness (QED) is 0.752. The third kappa shape index (κ3) is 3.87. The van der Waals surface area contributed by atoms with Crippen LogP contribution in [0.15, 0.2) is 18.5 Å². The Bertz CT molecular complexity index is 536. The summed E-state index contributed by atoms with van der Waals surface area (Å²) in [6.07, 6.45) is 4.45. The highest BCUT2D eigenvalue weighted by molar-refractivity contribution is 7.14. The van der Waals surface area contributed by atoms with Crippen LogP contribution in [-0.2, 0) is 13.1 Å². The van der Waals surface area contributed by atoms with Gasteiger partial charge in [0.15, 0.2) is 0 Å². The standard InChI is InChI=1S/C12H16N4O2S/c1-9-10(7-11(19-9)12(17)18)8-13-3-2-5-16-6-4-14-15-16/h4,6-7,13H,2-3,5,8H2,1H3,(H,17,18). The highest BCUT2D eigenvalue weighted by Crippen LogP contribution is 2.21. The molecule has 7 heteroatoms. The smallest absolute Gasteiger partial charge is 0.345 e. The van der Waals surface area contributed by atoms with Crippen molar-refractivity contribution in [3.63, 3.8) is 0 Å². The maximum atomic E-state index is 10.8. The second kappa shape index (κ2) is 6.44. The number of nitrogens with one attached hydrogen (secondary N) is 1. The molecule has 2 heterocycles. The van der Waals surface area contributed by atoms with Gasteiger partial charge >= 0.3 is 5.97 Å². The summed E-state index contributed by atoms with van der Waals surface area (Å²) in [5, 5.41) is 19.8. The molecule has 0 aliphatic heterocycles. The molecule has 0 radical (unpaired) electrons. The Balaban J connectivity index is 1.72. The summed E-state index contributed by atoms with van der Waals surface area (Å²) in [5.41, 5.74) is 1.06. The van der Waals surface area contributed by atoms with Crippen molar-refractivity contribution in [3.8, 4) is 0 Å². The molecule has 2 N–H and O–H groups in total. The van der Waals surface area contributed by atoms with E-state index in [2.05, 4.69) is 15.6 Å². The predicted octanol–water partition coefficient (Wildman–Crippen LogP) is 1.53. The summed E-state index contributed by atoms with van der Waals surface area (Å²) in [7, 11) is 0. The molecule has 2 aromatic heterocycles. The van der Waals surface area contributed by atoms with Crippen LogP contribution in [0.4, 0.5) is 0 Å². The van der Waals surface area contributed by atoms with E-state index in [1.807, 2.05) is 13.1 Å². The lowest BCUT2D eigenvalue weighted by molar-refractivity contribution is 0.0702. The summed E-state index contributed by atoms with van der Waals surface area (Å²) in [6.45, 7) is 4.34. The van der Waals surface area contributed by atoms with Crippen LogP contribution < -0.4 is 5.32 Å². The van der Waals surface area contributed by atoms with Gasteiger partial charge in [-0.2, -0.15) is 0 Å². The van der Waals surface area contributed by atoms with E-state index in [1.165, 1.54) is 11.3 Å². The summed E-state index contributed by atoms with van der Waals surface area (Å²) < 4.78 is 1.79. The van der Waals surface area contributed by atoms with E-state index >= 15 is 0 Å². The van der Waals surface area contributed by atoms with Crippen molar-refractivity contribution in [3.05, 3.63) is 33.8 Å². The Morgan fingerprint density at radius 2 is 2.42 bits per heavy atom. The molecule has 19 heavy (non-hydrogen) atoms. The molecule has 0 aliphatic carbocycles.